The Bertz CT molecular complexity index is 169. The van der Waals surface area contributed by atoms with Crippen LogP contribution in [0.15, 0.2) is 0 Å². The highest BCUT2D eigenvalue weighted by molar-refractivity contribution is 4.77. The second-order valence-electron chi connectivity index (χ2n) is 4.55. The summed E-state index contributed by atoms with van der Waals surface area (Å²) in [5, 5.41) is 12.9. The average Bonchev–Trinajstić information content (AvgIpc) is 2.78. The predicted octanol–water partition coefficient (Wildman–Crippen LogP) is 0.916. The molecule has 82 valence electrons. The summed E-state index contributed by atoms with van der Waals surface area (Å²) in [4.78, 5) is 0. The first kappa shape index (κ1) is 10.4. The molecule has 0 radical (unpaired) electrons. The monoisotopic (exact) mass is 199 g/mol. The van der Waals surface area contributed by atoms with E-state index in [9.17, 15) is 5.11 Å². The molecule has 2 fully saturated rings. The van der Waals surface area contributed by atoms with E-state index in [4.69, 9.17) is 4.74 Å². The number of rotatable bonds is 4. The second-order valence-corrected chi connectivity index (χ2v) is 4.55. The summed E-state index contributed by atoms with van der Waals surface area (Å²) >= 11 is 0. The van der Waals surface area contributed by atoms with E-state index in [-0.39, 0.29) is 12.2 Å². The Labute approximate surface area is 85.8 Å². The van der Waals surface area contributed by atoms with E-state index >= 15 is 0 Å². The number of hydrogen-bond donors (Lipinski definition) is 2. The maximum Gasteiger partial charge on any atom is 0.0833 e. The molecule has 1 aliphatic carbocycles. The summed E-state index contributed by atoms with van der Waals surface area (Å²) in [5.41, 5.74) is 0. The number of aliphatic hydroxyl groups excluding tert-OH is 1. The fourth-order valence-electron chi connectivity index (χ4n) is 2.45. The van der Waals surface area contributed by atoms with Crippen molar-refractivity contribution in [3.05, 3.63) is 0 Å². The number of aliphatic hydroxyl groups is 1. The van der Waals surface area contributed by atoms with E-state index < -0.39 is 0 Å². The van der Waals surface area contributed by atoms with Gasteiger partial charge in [-0.2, -0.15) is 0 Å². The number of ether oxygens (including phenoxy) is 1. The molecule has 2 N–H and O–H groups in total. The van der Waals surface area contributed by atoms with Gasteiger partial charge in [-0.05, 0) is 51.1 Å². The molecule has 1 saturated heterocycles. The van der Waals surface area contributed by atoms with E-state index in [1.807, 2.05) is 0 Å². The lowest BCUT2D eigenvalue weighted by atomic mass is 10.1. The van der Waals surface area contributed by atoms with E-state index in [1.165, 1.54) is 6.42 Å². The Morgan fingerprint density at radius 3 is 2.86 bits per heavy atom. The van der Waals surface area contributed by atoms with Crippen LogP contribution < -0.4 is 5.32 Å². The van der Waals surface area contributed by atoms with Crippen LogP contribution >= 0.6 is 0 Å². The minimum Gasteiger partial charge on any atom is -0.390 e. The zero-order chi connectivity index (χ0) is 9.80. The third-order valence-electron chi connectivity index (χ3n) is 3.44. The van der Waals surface area contributed by atoms with Crippen molar-refractivity contribution < 1.29 is 9.84 Å². The van der Waals surface area contributed by atoms with Gasteiger partial charge in [-0.15, -0.1) is 0 Å². The van der Waals surface area contributed by atoms with Crippen molar-refractivity contribution >= 4 is 0 Å². The van der Waals surface area contributed by atoms with Crippen molar-refractivity contribution in [2.45, 2.75) is 44.3 Å². The maximum absolute atomic E-state index is 9.54. The Balaban J connectivity index is 1.57. The van der Waals surface area contributed by atoms with Crippen molar-refractivity contribution in [2.75, 3.05) is 19.7 Å². The highest BCUT2D eigenvalue weighted by Crippen LogP contribution is 2.22. The van der Waals surface area contributed by atoms with Crippen LogP contribution in [0.5, 0.6) is 0 Å². The highest BCUT2D eigenvalue weighted by atomic mass is 16.5. The minimum absolute atomic E-state index is 0.129. The quantitative estimate of drug-likeness (QED) is 0.707. The van der Waals surface area contributed by atoms with Gasteiger partial charge >= 0.3 is 0 Å². The largest absolute Gasteiger partial charge is 0.390 e. The van der Waals surface area contributed by atoms with Gasteiger partial charge in [0.2, 0.25) is 0 Å². The van der Waals surface area contributed by atoms with Crippen LogP contribution in [0.25, 0.3) is 0 Å². The van der Waals surface area contributed by atoms with E-state index in [0.717, 1.165) is 51.3 Å². The third kappa shape index (κ3) is 2.69. The first-order chi connectivity index (χ1) is 6.86. The van der Waals surface area contributed by atoms with Gasteiger partial charge in [0.25, 0.3) is 0 Å². The molecule has 3 heteroatoms. The van der Waals surface area contributed by atoms with E-state index in [1.54, 1.807) is 0 Å². The summed E-state index contributed by atoms with van der Waals surface area (Å²) in [5.74, 6) is 0.800. The van der Waals surface area contributed by atoms with E-state index in [2.05, 4.69) is 5.32 Å². The van der Waals surface area contributed by atoms with Crippen LogP contribution in [0.3, 0.4) is 0 Å². The highest BCUT2D eigenvalue weighted by Gasteiger charge is 2.26. The van der Waals surface area contributed by atoms with Gasteiger partial charge < -0.3 is 15.2 Å². The molecule has 0 spiro atoms. The molecule has 1 saturated carbocycles. The average molecular weight is 199 g/mol. The smallest absolute Gasteiger partial charge is 0.0833 e. The lowest BCUT2D eigenvalue weighted by Crippen LogP contribution is -2.24. The standard InChI is InChI=1S/C11H21NO2/c13-10-2-1-3-11(10)14-7-5-9-4-6-12-8-9/h9-13H,1-8H2. The van der Waals surface area contributed by atoms with Gasteiger partial charge in [0, 0.05) is 6.61 Å². The zero-order valence-electron chi connectivity index (χ0n) is 8.74. The Hall–Kier alpha value is -0.120. The topological polar surface area (TPSA) is 41.5 Å². The summed E-state index contributed by atoms with van der Waals surface area (Å²) in [7, 11) is 0. The van der Waals surface area contributed by atoms with Crippen LogP contribution in [0, 0.1) is 5.92 Å². The Kier molecular flexibility index (Phi) is 3.79. The normalized spacial score (nSPS) is 37.9. The maximum atomic E-state index is 9.54. The van der Waals surface area contributed by atoms with E-state index in [0.29, 0.717) is 0 Å². The van der Waals surface area contributed by atoms with Gasteiger partial charge in [0.1, 0.15) is 0 Å². The van der Waals surface area contributed by atoms with Crippen LogP contribution in [-0.4, -0.2) is 37.0 Å². The second kappa shape index (κ2) is 5.10. The molecule has 2 rings (SSSR count). The lowest BCUT2D eigenvalue weighted by molar-refractivity contribution is -0.0223. The molecule has 2 aliphatic rings. The third-order valence-corrected chi connectivity index (χ3v) is 3.44. The molecule has 14 heavy (non-hydrogen) atoms. The molecule has 0 aromatic heterocycles. The molecular formula is C11H21NO2. The van der Waals surface area contributed by atoms with Crippen molar-refractivity contribution in [2.24, 2.45) is 5.92 Å². The fourth-order valence-corrected chi connectivity index (χ4v) is 2.45. The van der Waals surface area contributed by atoms with Crippen LogP contribution in [0.1, 0.15) is 32.1 Å². The molecule has 3 unspecified atom stereocenters. The lowest BCUT2D eigenvalue weighted by Gasteiger charge is -2.16. The number of hydrogen-bond acceptors (Lipinski definition) is 3. The molecule has 0 aromatic carbocycles. The predicted molar refractivity (Wildman–Crippen MR) is 55.2 cm³/mol. The molecule has 0 amide bonds. The molecule has 0 bridgehead atoms. The Morgan fingerprint density at radius 2 is 2.21 bits per heavy atom. The van der Waals surface area contributed by atoms with Crippen molar-refractivity contribution in [1.82, 2.24) is 5.32 Å². The van der Waals surface area contributed by atoms with Crippen LogP contribution in [0.2, 0.25) is 0 Å². The molecule has 0 aromatic rings. The summed E-state index contributed by atoms with van der Waals surface area (Å²) in [6, 6.07) is 0. The zero-order valence-corrected chi connectivity index (χ0v) is 8.74. The SMILES string of the molecule is OC1CCCC1OCCC1CCNC1. The summed E-state index contributed by atoms with van der Waals surface area (Å²) in [6.07, 6.45) is 5.46. The molecule has 3 atom stereocenters. The van der Waals surface area contributed by atoms with Crippen molar-refractivity contribution in [3.63, 3.8) is 0 Å². The summed E-state index contributed by atoms with van der Waals surface area (Å²) < 4.78 is 5.70. The first-order valence-electron chi connectivity index (χ1n) is 5.86. The number of nitrogens with one attached hydrogen (secondary N) is 1. The van der Waals surface area contributed by atoms with Crippen LogP contribution in [0.4, 0.5) is 0 Å². The Morgan fingerprint density at radius 1 is 1.29 bits per heavy atom. The van der Waals surface area contributed by atoms with Gasteiger partial charge in [-0.1, -0.05) is 0 Å². The molecule has 1 heterocycles. The molecule has 1 aliphatic heterocycles. The van der Waals surface area contributed by atoms with Gasteiger partial charge in [-0.3, -0.25) is 0 Å². The van der Waals surface area contributed by atoms with Crippen molar-refractivity contribution in [3.8, 4) is 0 Å². The van der Waals surface area contributed by atoms with Crippen molar-refractivity contribution in [1.29, 1.82) is 0 Å². The molecular weight excluding hydrogens is 178 g/mol. The first-order valence-corrected chi connectivity index (χ1v) is 5.86. The van der Waals surface area contributed by atoms with Gasteiger partial charge in [0.15, 0.2) is 0 Å². The van der Waals surface area contributed by atoms with Crippen LogP contribution in [-0.2, 0) is 4.74 Å². The summed E-state index contributed by atoms with van der Waals surface area (Å²) in [6.45, 7) is 3.14. The molecule has 3 nitrogen and oxygen atoms in total. The van der Waals surface area contributed by atoms with Gasteiger partial charge in [0.05, 0.1) is 12.2 Å². The minimum atomic E-state index is -0.197. The fraction of sp³-hybridized carbons (Fsp3) is 1.00. The van der Waals surface area contributed by atoms with Gasteiger partial charge in [-0.25, -0.2) is 0 Å².